The standard InChI is InChI=1S/C15H22/c1-8-7-13(2,3)15(5)11(8)12-9-6-10(9)14(12,15)4/h8,11-12H,6-7H2,1-5H3. The summed E-state index contributed by atoms with van der Waals surface area (Å²) < 4.78 is 0. The van der Waals surface area contributed by atoms with Crippen LogP contribution in [0, 0.1) is 34.0 Å². The zero-order valence-corrected chi connectivity index (χ0v) is 10.6. The molecule has 0 bridgehead atoms. The van der Waals surface area contributed by atoms with Gasteiger partial charge in [0.2, 0.25) is 0 Å². The highest BCUT2D eigenvalue weighted by Crippen LogP contribution is 2.90. The zero-order valence-electron chi connectivity index (χ0n) is 10.6. The molecule has 0 aliphatic heterocycles. The first-order valence-corrected chi connectivity index (χ1v) is 6.58. The minimum Gasteiger partial charge on any atom is -0.0622 e. The average Bonchev–Trinajstić information content (AvgIpc) is 2.82. The van der Waals surface area contributed by atoms with E-state index in [1.54, 1.807) is 0 Å². The summed E-state index contributed by atoms with van der Waals surface area (Å²) in [6.45, 7) is 12.7. The maximum Gasteiger partial charge on any atom is 0.00201 e. The fraction of sp³-hybridized carbons (Fsp3) is 0.867. The molecule has 4 aliphatic rings. The number of allylic oxidation sites excluding steroid dienone is 2. The van der Waals surface area contributed by atoms with Gasteiger partial charge in [0.15, 0.2) is 0 Å². The Kier molecular flexibility index (Phi) is 1.09. The topological polar surface area (TPSA) is 0 Å². The fourth-order valence-corrected chi connectivity index (χ4v) is 6.41. The molecule has 15 heavy (non-hydrogen) atoms. The van der Waals surface area contributed by atoms with E-state index in [4.69, 9.17) is 0 Å². The lowest BCUT2D eigenvalue weighted by molar-refractivity contribution is -0.192. The third-order valence-corrected chi connectivity index (χ3v) is 7.21. The first-order chi connectivity index (χ1) is 6.86. The van der Waals surface area contributed by atoms with E-state index in [-0.39, 0.29) is 0 Å². The van der Waals surface area contributed by atoms with Gasteiger partial charge in [-0.15, -0.1) is 0 Å². The predicted molar refractivity (Wildman–Crippen MR) is 62.4 cm³/mol. The molecule has 0 heterocycles. The molecule has 0 radical (unpaired) electrons. The van der Waals surface area contributed by atoms with Crippen molar-refractivity contribution in [1.82, 2.24) is 0 Å². The van der Waals surface area contributed by atoms with Gasteiger partial charge in [-0.1, -0.05) is 45.8 Å². The molecule has 5 atom stereocenters. The Morgan fingerprint density at radius 2 is 1.80 bits per heavy atom. The SMILES string of the molecule is CC1CC(C)(C)C2(C)C1C1C3=C(C3)C12C. The predicted octanol–water partition coefficient (Wildman–Crippen LogP) is 4.02. The molecule has 2 fully saturated rings. The van der Waals surface area contributed by atoms with Crippen molar-refractivity contribution < 1.29 is 0 Å². The highest BCUT2D eigenvalue weighted by atomic mass is 14.9. The lowest BCUT2D eigenvalue weighted by Gasteiger charge is -2.72. The molecule has 0 spiro atoms. The quantitative estimate of drug-likeness (QED) is 0.520. The Morgan fingerprint density at radius 1 is 1.13 bits per heavy atom. The molecule has 4 aliphatic carbocycles. The van der Waals surface area contributed by atoms with Gasteiger partial charge in [0.05, 0.1) is 0 Å². The maximum atomic E-state index is 2.60. The third-order valence-electron chi connectivity index (χ3n) is 7.21. The average molecular weight is 202 g/mol. The van der Waals surface area contributed by atoms with Gasteiger partial charge in [-0.2, -0.15) is 0 Å². The van der Waals surface area contributed by atoms with Gasteiger partial charge in [0, 0.05) is 5.41 Å². The van der Waals surface area contributed by atoms with Crippen LogP contribution in [0.1, 0.15) is 47.5 Å². The van der Waals surface area contributed by atoms with E-state index in [2.05, 4.69) is 34.6 Å². The van der Waals surface area contributed by atoms with Crippen LogP contribution in [0.5, 0.6) is 0 Å². The van der Waals surface area contributed by atoms with Gasteiger partial charge in [0.25, 0.3) is 0 Å². The summed E-state index contributed by atoms with van der Waals surface area (Å²) in [5.74, 6) is 2.98. The van der Waals surface area contributed by atoms with E-state index in [0.29, 0.717) is 16.2 Å². The van der Waals surface area contributed by atoms with Gasteiger partial charge in [0.1, 0.15) is 0 Å². The summed E-state index contributed by atoms with van der Waals surface area (Å²) in [5.41, 5.74) is 5.54. The van der Waals surface area contributed by atoms with Crippen LogP contribution < -0.4 is 0 Å². The van der Waals surface area contributed by atoms with E-state index in [9.17, 15) is 0 Å². The second-order valence-electron chi connectivity index (χ2n) is 7.65. The molecular formula is C15H22. The van der Waals surface area contributed by atoms with E-state index >= 15 is 0 Å². The van der Waals surface area contributed by atoms with Crippen LogP contribution in [0.15, 0.2) is 11.1 Å². The van der Waals surface area contributed by atoms with Crippen molar-refractivity contribution >= 4 is 0 Å². The smallest absolute Gasteiger partial charge is 0.00201 e. The van der Waals surface area contributed by atoms with Gasteiger partial charge < -0.3 is 0 Å². The molecule has 0 aromatic carbocycles. The Morgan fingerprint density at radius 3 is 2.47 bits per heavy atom. The van der Waals surface area contributed by atoms with Gasteiger partial charge in [-0.25, -0.2) is 0 Å². The van der Waals surface area contributed by atoms with E-state index in [1.165, 1.54) is 12.8 Å². The molecule has 0 N–H and O–H groups in total. The van der Waals surface area contributed by atoms with Crippen molar-refractivity contribution in [3.8, 4) is 0 Å². The second-order valence-corrected chi connectivity index (χ2v) is 7.65. The highest BCUT2D eigenvalue weighted by molar-refractivity contribution is 5.61. The van der Waals surface area contributed by atoms with Crippen LogP contribution in [0.2, 0.25) is 0 Å². The van der Waals surface area contributed by atoms with Gasteiger partial charge in [-0.05, 0) is 41.4 Å². The van der Waals surface area contributed by atoms with Crippen LogP contribution in [0.4, 0.5) is 0 Å². The molecule has 5 unspecified atom stereocenters. The monoisotopic (exact) mass is 202 g/mol. The van der Waals surface area contributed by atoms with E-state index < -0.39 is 0 Å². The largest absolute Gasteiger partial charge is 0.0622 e. The van der Waals surface area contributed by atoms with Gasteiger partial charge >= 0.3 is 0 Å². The molecule has 2 saturated carbocycles. The number of hydrogen-bond acceptors (Lipinski definition) is 0. The zero-order chi connectivity index (χ0) is 10.8. The second kappa shape index (κ2) is 1.85. The summed E-state index contributed by atoms with van der Waals surface area (Å²) >= 11 is 0. The first kappa shape index (κ1) is 8.84. The summed E-state index contributed by atoms with van der Waals surface area (Å²) in [7, 11) is 0. The van der Waals surface area contributed by atoms with Crippen LogP contribution in [-0.2, 0) is 0 Å². The Hall–Kier alpha value is -0.260. The highest BCUT2D eigenvalue weighted by Gasteiger charge is 2.83. The normalized spacial score (nSPS) is 62.6. The van der Waals surface area contributed by atoms with E-state index in [0.717, 1.165) is 17.8 Å². The number of hydrogen-bond donors (Lipinski definition) is 0. The van der Waals surface area contributed by atoms with Crippen LogP contribution >= 0.6 is 0 Å². The Bertz CT molecular complexity index is 414. The Balaban J connectivity index is 1.90. The van der Waals surface area contributed by atoms with Crippen molar-refractivity contribution in [2.45, 2.75) is 47.5 Å². The molecule has 82 valence electrons. The van der Waals surface area contributed by atoms with Crippen molar-refractivity contribution in [3.05, 3.63) is 11.1 Å². The van der Waals surface area contributed by atoms with Crippen molar-refractivity contribution in [3.63, 3.8) is 0 Å². The number of fused-ring (bicyclic) bond motifs is 6. The minimum atomic E-state index is 0.559. The molecule has 4 rings (SSSR count). The third kappa shape index (κ3) is 0.549. The van der Waals surface area contributed by atoms with Crippen LogP contribution in [0.3, 0.4) is 0 Å². The molecule has 0 amide bonds. The molecule has 0 aromatic rings. The van der Waals surface area contributed by atoms with Crippen molar-refractivity contribution in [2.75, 3.05) is 0 Å². The van der Waals surface area contributed by atoms with Crippen LogP contribution in [-0.4, -0.2) is 0 Å². The van der Waals surface area contributed by atoms with Crippen molar-refractivity contribution in [1.29, 1.82) is 0 Å². The summed E-state index contributed by atoms with van der Waals surface area (Å²) in [6.07, 6.45) is 2.86. The van der Waals surface area contributed by atoms with Gasteiger partial charge in [-0.3, -0.25) is 0 Å². The molecular weight excluding hydrogens is 180 g/mol. The first-order valence-electron chi connectivity index (χ1n) is 6.58. The molecule has 0 heteroatoms. The van der Waals surface area contributed by atoms with Crippen LogP contribution in [0.25, 0.3) is 0 Å². The lowest BCUT2D eigenvalue weighted by Crippen LogP contribution is -2.67. The molecule has 0 saturated heterocycles. The van der Waals surface area contributed by atoms with Crippen molar-refractivity contribution in [2.24, 2.45) is 34.0 Å². The summed E-state index contributed by atoms with van der Waals surface area (Å²) in [6, 6.07) is 0. The summed E-state index contributed by atoms with van der Waals surface area (Å²) in [5, 5.41) is 0. The minimum absolute atomic E-state index is 0.559. The Labute approximate surface area is 93.1 Å². The summed E-state index contributed by atoms with van der Waals surface area (Å²) in [4.78, 5) is 0. The lowest BCUT2D eigenvalue weighted by atomic mass is 9.32. The molecule has 0 nitrogen and oxygen atoms in total. The maximum absolute atomic E-state index is 2.60. The van der Waals surface area contributed by atoms with E-state index in [1.807, 2.05) is 11.1 Å². The molecule has 0 aromatic heterocycles. The number of rotatable bonds is 0. The fourth-order valence-electron chi connectivity index (χ4n) is 6.41.